The Morgan fingerprint density at radius 1 is 1.41 bits per heavy atom. The van der Waals surface area contributed by atoms with E-state index >= 15 is 0 Å². The molecule has 0 N–H and O–H groups in total. The van der Waals surface area contributed by atoms with Gasteiger partial charge in [0, 0.05) is 25.8 Å². The first kappa shape index (κ1) is 14.8. The Morgan fingerprint density at radius 2 is 2.23 bits per heavy atom. The third-order valence-corrected chi connectivity index (χ3v) is 3.91. The lowest BCUT2D eigenvalue weighted by Crippen LogP contribution is -2.43. The Kier molecular flexibility index (Phi) is 4.24. The van der Waals surface area contributed by atoms with Crippen LogP contribution in [0.4, 0.5) is 0 Å². The molecule has 2 aromatic rings. The van der Waals surface area contributed by atoms with E-state index in [2.05, 4.69) is 0 Å². The lowest BCUT2D eigenvalue weighted by molar-refractivity contribution is 0.00618. The fraction of sp³-hybridized carbons (Fsp3) is 0.412. The molecule has 1 fully saturated rings. The van der Waals surface area contributed by atoms with Crippen molar-refractivity contribution < 1.29 is 13.9 Å². The molecule has 22 heavy (non-hydrogen) atoms. The van der Waals surface area contributed by atoms with E-state index in [-0.39, 0.29) is 23.2 Å². The molecule has 0 bridgehead atoms. The number of carbonyl (C=O) groups is 1. The van der Waals surface area contributed by atoms with E-state index in [1.54, 1.807) is 29.2 Å². The van der Waals surface area contributed by atoms with Crippen molar-refractivity contribution in [1.29, 1.82) is 0 Å². The molecule has 1 atom stereocenters. The number of likely N-dealkylation sites (tertiary alicyclic amines) is 1. The standard InChI is InChI=1S/C17H19NO4/c1-2-21-12-6-5-9-18(11-12)17(20)16-10-14(19)13-7-3-4-8-15(13)22-16/h3-4,7-8,10,12H,2,5-6,9,11H2,1H3. The predicted octanol–water partition coefficient (Wildman–Crippen LogP) is 2.43. The van der Waals surface area contributed by atoms with Gasteiger partial charge in [0.05, 0.1) is 11.5 Å². The largest absolute Gasteiger partial charge is 0.451 e. The lowest BCUT2D eigenvalue weighted by atomic mass is 10.1. The van der Waals surface area contributed by atoms with Gasteiger partial charge in [-0.2, -0.15) is 0 Å². The Balaban J connectivity index is 1.87. The van der Waals surface area contributed by atoms with Crippen LogP contribution < -0.4 is 5.43 Å². The summed E-state index contributed by atoms with van der Waals surface area (Å²) in [7, 11) is 0. The van der Waals surface area contributed by atoms with E-state index in [1.165, 1.54) is 6.07 Å². The van der Waals surface area contributed by atoms with Crippen molar-refractivity contribution in [1.82, 2.24) is 4.90 Å². The average Bonchev–Trinajstić information content (AvgIpc) is 2.55. The summed E-state index contributed by atoms with van der Waals surface area (Å²) in [5, 5.41) is 0.491. The van der Waals surface area contributed by atoms with Gasteiger partial charge >= 0.3 is 0 Å². The number of nitrogens with zero attached hydrogens (tertiary/aromatic N) is 1. The summed E-state index contributed by atoms with van der Waals surface area (Å²) >= 11 is 0. The number of amides is 1. The van der Waals surface area contributed by atoms with Crippen LogP contribution >= 0.6 is 0 Å². The van der Waals surface area contributed by atoms with Gasteiger partial charge in [0.1, 0.15) is 5.58 Å². The molecule has 0 saturated carbocycles. The van der Waals surface area contributed by atoms with Crippen LogP contribution in [0.2, 0.25) is 0 Å². The highest BCUT2D eigenvalue weighted by atomic mass is 16.5. The van der Waals surface area contributed by atoms with Crippen molar-refractivity contribution in [3.63, 3.8) is 0 Å². The highest BCUT2D eigenvalue weighted by Crippen LogP contribution is 2.18. The van der Waals surface area contributed by atoms with Crippen molar-refractivity contribution in [2.24, 2.45) is 0 Å². The average molecular weight is 301 g/mol. The van der Waals surface area contributed by atoms with Gasteiger partial charge in [-0.05, 0) is 31.9 Å². The van der Waals surface area contributed by atoms with E-state index in [1.807, 2.05) is 6.92 Å². The van der Waals surface area contributed by atoms with Crippen LogP contribution in [0.1, 0.15) is 30.3 Å². The number of rotatable bonds is 3. The molecule has 1 aromatic carbocycles. The number of carbonyl (C=O) groups excluding carboxylic acids is 1. The summed E-state index contributed by atoms with van der Waals surface area (Å²) in [5.41, 5.74) is 0.250. The van der Waals surface area contributed by atoms with Crippen molar-refractivity contribution in [2.75, 3.05) is 19.7 Å². The minimum Gasteiger partial charge on any atom is -0.451 e. The zero-order chi connectivity index (χ0) is 15.5. The summed E-state index contributed by atoms with van der Waals surface area (Å²) in [5.74, 6) is -0.145. The van der Waals surface area contributed by atoms with Gasteiger partial charge in [-0.1, -0.05) is 12.1 Å². The molecule has 1 aliphatic heterocycles. The van der Waals surface area contributed by atoms with Crippen molar-refractivity contribution >= 4 is 16.9 Å². The normalized spacial score (nSPS) is 18.6. The van der Waals surface area contributed by atoms with Gasteiger partial charge in [0.15, 0.2) is 11.2 Å². The highest BCUT2D eigenvalue weighted by molar-refractivity contribution is 5.93. The molecule has 1 aromatic heterocycles. The second-order valence-electron chi connectivity index (χ2n) is 5.44. The molecule has 1 aliphatic rings. The summed E-state index contributed by atoms with van der Waals surface area (Å²) in [6, 6.07) is 8.24. The number of benzene rings is 1. The molecule has 5 nitrogen and oxygen atoms in total. The Morgan fingerprint density at radius 3 is 3.05 bits per heavy atom. The highest BCUT2D eigenvalue weighted by Gasteiger charge is 2.26. The second-order valence-corrected chi connectivity index (χ2v) is 5.44. The van der Waals surface area contributed by atoms with Crippen LogP contribution in [-0.2, 0) is 4.74 Å². The number of hydrogen-bond acceptors (Lipinski definition) is 4. The van der Waals surface area contributed by atoms with Gasteiger partial charge in [-0.3, -0.25) is 9.59 Å². The van der Waals surface area contributed by atoms with E-state index < -0.39 is 0 Å². The van der Waals surface area contributed by atoms with Gasteiger partial charge in [-0.25, -0.2) is 0 Å². The first-order chi connectivity index (χ1) is 10.7. The van der Waals surface area contributed by atoms with Crippen LogP contribution in [0.15, 0.2) is 39.5 Å². The summed E-state index contributed by atoms with van der Waals surface area (Å²) in [6.45, 7) is 3.79. The zero-order valence-corrected chi connectivity index (χ0v) is 12.6. The molecule has 1 unspecified atom stereocenters. The first-order valence-corrected chi connectivity index (χ1v) is 7.63. The van der Waals surface area contributed by atoms with E-state index in [0.717, 1.165) is 12.8 Å². The third kappa shape index (κ3) is 2.90. The van der Waals surface area contributed by atoms with Crippen LogP contribution in [0.3, 0.4) is 0 Å². The molecule has 0 radical (unpaired) electrons. The Labute approximate surface area is 128 Å². The summed E-state index contributed by atoms with van der Waals surface area (Å²) in [6.07, 6.45) is 1.92. The van der Waals surface area contributed by atoms with E-state index in [4.69, 9.17) is 9.15 Å². The molecule has 3 rings (SSSR count). The molecule has 0 spiro atoms. The van der Waals surface area contributed by atoms with Gasteiger partial charge in [0.25, 0.3) is 5.91 Å². The zero-order valence-electron chi connectivity index (χ0n) is 12.6. The molecule has 116 valence electrons. The number of ether oxygens (including phenoxy) is 1. The van der Waals surface area contributed by atoms with E-state index in [9.17, 15) is 9.59 Å². The molecule has 1 saturated heterocycles. The minimum atomic E-state index is -0.243. The third-order valence-electron chi connectivity index (χ3n) is 3.91. The van der Waals surface area contributed by atoms with Gasteiger partial charge < -0.3 is 14.1 Å². The van der Waals surface area contributed by atoms with Crippen LogP contribution in [0, 0.1) is 0 Å². The Hall–Kier alpha value is -2.14. The van der Waals surface area contributed by atoms with E-state index in [0.29, 0.717) is 30.7 Å². The van der Waals surface area contributed by atoms with Crippen molar-refractivity contribution in [3.05, 3.63) is 46.3 Å². The smallest absolute Gasteiger partial charge is 0.289 e. The maximum atomic E-state index is 12.6. The number of fused-ring (bicyclic) bond motifs is 1. The summed E-state index contributed by atoms with van der Waals surface area (Å²) < 4.78 is 11.2. The summed E-state index contributed by atoms with van der Waals surface area (Å²) in [4.78, 5) is 26.4. The second kappa shape index (κ2) is 6.32. The molecular formula is C17H19NO4. The lowest BCUT2D eigenvalue weighted by Gasteiger charge is -2.32. The topological polar surface area (TPSA) is 59.8 Å². The monoisotopic (exact) mass is 301 g/mol. The van der Waals surface area contributed by atoms with Crippen LogP contribution in [0.25, 0.3) is 11.0 Å². The van der Waals surface area contributed by atoms with Gasteiger partial charge in [-0.15, -0.1) is 0 Å². The SMILES string of the molecule is CCOC1CCCN(C(=O)c2cc(=O)c3ccccc3o2)C1. The number of para-hydroxylation sites is 1. The van der Waals surface area contributed by atoms with Crippen molar-refractivity contribution in [3.8, 4) is 0 Å². The number of hydrogen-bond donors (Lipinski definition) is 0. The van der Waals surface area contributed by atoms with Crippen LogP contribution in [0.5, 0.6) is 0 Å². The molecular weight excluding hydrogens is 282 g/mol. The Bertz CT molecular complexity index is 735. The fourth-order valence-corrected chi connectivity index (χ4v) is 2.86. The number of piperidine rings is 1. The molecule has 1 amide bonds. The van der Waals surface area contributed by atoms with Crippen LogP contribution in [-0.4, -0.2) is 36.6 Å². The predicted molar refractivity (Wildman–Crippen MR) is 83.0 cm³/mol. The maximum absolute atomic E-state index is 12.6. The minimum absolute atomic E-state index is 0.0647. The maximum Gasteiger partial charge on any atom is 0.289 e. The molecule has 5 heteroatoms. The first-order valence-electron chi connectivity index (χ1n) is 7.63. The van der Waals surface area contributed by atoms with Crippen molar-refractivity contribution in [2.45, 2.75) is 25.9 Å². The quantitative estimate of drug-likeness (QED) is 0.873. The fourth-order valence-electron chi connectivity index (χ4n) is 2.86. The molecule has 0 aliphatic carbocycles. The van der Waals surface area contributed by atoms with Gasteiger partial charge in [0.2, 0.25) is 0 Å². The molecule has 2 heterocycles.